The van der Waals surface area contributed by atoms with Gasteiger partial charge in [-0.05, 0) is 49.4 Å². The molecule has 0 bridgehead atoms. The Morgan fingerprint density at radius 1 is 1.06 bits per heavy atom. The quantitative estimate of drug-likeness (QED) is 0.377. The first-order valence-corrected chi connectivity index (χ1v) is 10.7. The zero-order chi connectivity index (χ0) is 22.5. The van der Waals surface area contributed by atoms with Gasteiger partial charge in [-0.25, -0.2) is 9.97 Å². The Balaban J connectivity index is 1.51. The van der Waals surface area contributed by atoms with E-state index in [4.69, 9.17) is 5.73 Å². The third-order valence-electron chi connectivity index (χ3n) is 5.64. The summed E-state index contributed by atoms with van der Waals surface area (Å²) < 4.78 is 0. The number of hydrogen-bond acceptors (Lipinski definition) is 7. The van der Waals surface area contributed by atoms with E-state index in [9.17, 15) is 15.0 Å². The SMILES string of the molecule is Nc1ncc(-c2cccc(C(O)NC3CCC(O)CC3)c2)nc1C(=O)Nc1ccccc1. The fourth-order valence-electron chi connectivity index (χ4n) is 3.85. The largest absolute Gasteiger partial charge is 0.393 e. The molecule has 1 aliphatic rings. The number of nitrogen functional groups attached to an aromatic ring is 1. The summed E-state index contributed by atoms with van der Waals surface area (Å²) >= 11 is 0. The van der Waals surface area contributed by atoms with Gasteiger partial charge in [0.15, 0.2) is 11.5 Å². The van der Waals surface area contributed by atoms with E-state index in [0.29, 0.717) is 22.5 Å². The third kappa shape index (κ3) is 5.28. The first-order valence-electron chi connectivity index (χ1n) is 10.7. The molecule has 1 fully saturated rings. The zero-order valence-electron chi connectivity index (χ0n) is 17.6. The van der Waals surface area contributed by atoms with Crippen molar-refractivity contribution >= 4 is 17.4 Å². The van der Waals surface area contributed by atoms with Crippen LogP contribution in [0.4, 0.5) is 11.5 Å². The van der Waals surface area contributed by atoms with Crippen LogP contribution in [0.25, 0.3) is 11.3 Å². The highest BCUT2D eigenvalue weighted by molar-refractivity contribution is 6.05. The van der Waals surface area contributed by atoms with E-state index in [-0.39, 0.29) is 23.7 Å². The highest BCUT2D eigenvalue weighted by Crippen LogP contribution is 2.25. The fourth-order valence-corrected chi connectivity index (χ4v) is 3.85. The number of nitrogens with one attached hydrogen (secondary N) is 2. The van der Waals surface area contributed by atoms with Crippen LogP contribution in [0.3, 0.4) is 0 Å². The van der Waals surface area contributed by atoms with E-state index in [1.807, 2.05) is 42.5 Å². The summed E-state index contributed by atoms with van der Waals surface area (Å²) in [6.07, 6.45) is 3.53. The topological polar surface area (TPSA) is 133 Å². The maximum absolute atomic E-state index is 12.7. The molecule has 0 saturated heterocycles. The second-order valence-corrected chi connectivity index (χ2v) is 8.01. The van der Waals surface area contributed by atoms with E-state index in [0.717, 1.165) is 25.7 Å². The lowest BCUT2D eigenvalue weighted by Crippen LogP contribution is -2.37. The van der Waals surface area contributed by atoms with E-state index in [1.165, 1.54) is 6.20 Å². The molecule has 4 rings (SSSR count). The Bertz CT molecular complexity index is 1070. The summed E-state index contributed by atoms with van der Waals surface area (Å²) in [4.78, 5) is 21.3. The number of aliphatic hydroxyl groups excluding tert-OH is 2. The molecule has 1 aliphatic carbocycles. The maximum atomic E-state index is 12.7. The minimum Gasteiger partial charge on any atom is -0.393 e. The van der Waals surface area contributed by atoms with Gasteiger partial charge in [-0.2, -0.15) is 0 Å². The maximum Gasteiger partial charge on any atom is 0.278 e. The van der Waals surface area contributed by atoms with Gasteiger partial charge in [-0.15, -0.1) is 0 Å². The minimum atomic E-state index is -0.849. The number of benzene rings is 2. The van der Waals surface area contributed by atoms with Crippen molar-refractivity contribution in [2.24, 2.45) is 0 Å². The first kappa shape index (κ1) is 21.9. The standard InChI is InChI=1S/C24H27N5O3/c25-22-21(24(32)28-17-7-2-1-3-8-17)29-20(14-26-22)15-5-4-6-16(13-15)23(31)27-18-9-11-19(30)12-10-18/h1-8,13-14,18-19,23,27,30-31H,9-12H2,(H2,25,26)(H,28,32). The lowest BCUT2D eigenvalue weighted by molar-refractivity contribution is 0.0792. The number of nitrogens with zero attached hydrogens (tertiary/aromatic N) is 2. The average Bonchev–Trinajstić information content (AvgIpc) is 2.81. The summed E-state index contributed by atoms with van der Waals surface area (Å²) in [5.74, 6) is -0.403. The van der Waals surface area contributed by atoms with Crippen LogP contribution in [-0.4, -0.2) is 38.2 Å². The van der Waals surface area contributed by atoms with Gasteiger partial charge < -0.3 is 21.3 Å². The van der Waals surface area contributed by atoms with Crippen molar-refractivity contribution in [1.82, 2.24) is 15.3 Å². The molecule has 3 aromatic rings. The normalized spacial score (nSPS) is 19.3. The smallest absolute Gasteiger partial charge is 0.278 e. The third-order valence-corrected chi connectivity index (χ3v) is 5.64. The van der Waals surface area contributed by atoms with E-state index in [2.05, 4.69) is 20.6 Å². The lowest BCUT2D eigenvalue weighted by Gasteiger charge is -2.28. The number of carbonyl (C=O) groups excluding carboxylic acids is 1. The predicted octanol–water partition coefficient (Wildman–Crippen LogP) is 2.86. The molecule has 166 valence electrons. The van der Waals surface area contributed by atoms with Crippen LogP contribution in [0.5, 0.6) is 0 Å². The monoisotopic (exact) mass is 433 g/mol. The molecule has 1 aromatic heterocycles. The molecule has 1 unspecified atom stereocenters. The molecule has 0 spiro atoms. The molecule has 1 saturated carbocycles. The van der Waals surface area contributed by atoms with Crippen LogP contribution in [0.1, 0.15) is 48.0 Å². The average molecular weight is 434 g/mol. The molecular formula is C24H27N5O3. The highest BCUT2D eigenvalue weighted by atomic mass is 16.3. The number of nitrogens with two attached hydrogens (primary N) is 1. The van der Waals surface area contributed by atoms with E-state index in [1.54, 1.807) is 12.1 Å². The van der Waals surface area contributed by atoms with Gasteiger partial charge >= 0.3 is 0 Å². The molecule has 0 aliphatic heterocycles. The van der Waals surface area contributed by atoms with Crippen molar-refractivity contribution in [3.8, 4) is 11.3 Å². The molecule has 2 aromatic carbocycles. The Morgan fingerprint density at radius 3 is 2.56 bits per heavy atom. The number of aliphatic hydroxyl groups is 2. The van der Waals surface area contributed by atoms with Crippen molar-refractivity contribution in [2.45, 2.75) is 44.1 Å². The van der Waals surface area contributed by atoms with Gasteiger partial charge in [0.05, 0.1) is 18.0 Å². The molecular weight excluding hydrogens is 406 g/mol. The summed E-state index contributed by atoms with van der Waals surface area (Å²) in [6, 6.07) is 16.5. The number of rotatable bonds is 6. The van der Waals surface area contributed by atoms with Crippen LogP contribution >= 0.6 is 0 Å². The zero-order valence-corrected chi connectivity index (χ0v) is 17.6. The van der Waals surface area contributed by atoms with Crippen LogP contribution in [0.2, 0.25) is 0 Å². The van der Waals surface area contributed by atoms with Crippen LogP contribution in [0.15, 0.2) is 60.8 Å². The first-order chi connectivity index (χ1) is 15.5. The van der Waals surface area contributed by atoms with Gasteiger partial charge in [0.25, 0.3) is 5.91 Å². The van der Waals surface area contributed by atoms with Gasteiger partial charge in [-0.1, -0.05) is 36.4 Å². The van der Waals surface area contributed by atoms with Gasteiger partial charge in [0, 0.05) is 17.3 Å². The molecule has 0 radical (unpaired) electrons. The number of hydrogen-bond donors (Lipinski definition) is 5. The van der Waals surface area contributed by atoms with Gasteiger partial charge in [0.2, 0.25) is 0 Å². The molecule has 32 heavy (non-hydrogen) atoms. The molecule has 6 N–H and O–H groups in total. The summed E-state index contributed by atoms with van der Waals surface area (Å²) in [5, 5.41) is 26.3. The molecule has 1 amide bonds. The lowest BCUT2D eigenvalue weighted by atomic mass is 9.93. The summed E-state index contributed by atoms with van der Waals surface area (Å²) in [6.45, 7) is 0. The minimum absolute atomic E-state index is 0.0381. The van der Waals surface area contributed by atoms with Crippen molar-refractivity contribution in [3.05, 3.63) is 72.1 Å². The number of amides is 1. The Morgan fingerprint density at radius 2 is 1.81 bits per heavy atom. The predicted molar refractivity (Wildman–Crippen MR) is 123 cm³/mol. The van der Waals surface area contributed by atoms with Gasteiger partial charge in [-0.3, -0.25) is 10.1 Å². The van der Waals surface area contributed by atoms with Crippen molar-refractivity contribution < 1.29 is 15.0 Å². The van der Waals surface area contributed by atoms with E-state index >= 15 is 0 Å². The number of anilines is 2. The molecule has 1 heterocycles. The second-order valence-electron chi connectivity index (χ2n) is 8.01. The molecule has 1 atom stereocenters. The highest BCUT2D eigenvalue weighted by Gasteiger charge is 2.22. The van der Waals surface area contributed by atoms with Crippen molar-refractivity contribution in [3.63, 3.8) is 0 Å². The number of para-hydroxylation sites is 1. The van der Waals surface area contributed by atoms with Crippen molar-refractivity contribution in [1.29, 1.82) is 0 Å². The Kier molecular flexibility index (Phi) is 6.75. The second kappa shape index (κ2) is 9.86. The van der Waals surface area contributed by atoms with Crippen LogP contribution in [-0.2, 0) is 0 Å². The Labute approximate surface area is 186 Å². The van der Waals surface area contributed by atoms with Crippen LogP contribution < -0.4 is 16.4 Å². The summed E-state index contributed by atoms with van der Waals surface area (Å²) in [7, 11) is 0. The van der Waals surface area contributed by atoms with Gasteiger partial charge in [0.1, 0.15) is 6.23 Å². The Hall–Kier alpha value is -3.33. The number of carbonyl (C=O) groups is 1. The fraction of sp³-hybridized carbons (Fsp3) is 0.292. The number of aromatic nitrogens is 2. The molecule has 8 heteroatoms. The summed E-state index contributed by atoms with van der Waals surface area (Å²) in [5.41, 5.74) is 8.46. The van der Waals surface area contributed by atoms with Crippen molar-refractivity contribution in [2.75, 3.05) is 11.1 Å². The van der Waals surface area contributed by atoms with E-state index < -0.39 is 12.1 Å². The van der Waals surface area contributed by atoms with Crippen LogP contribution in [0, 0.1) is 0 Å². The molecule has 8 nitrogen and oxygen atoms in total.